The van der Waals surface area contributed by atoms with Gasteiger partial charge >= 0.3 is 0 Å². The summed E-state index contributed by atoms with van der Waals surface area (Å²) in [5.74, 6) is 0.957. The van der Waals surface area contributed by atoms with E-state index < -0.39 is 0 Å². The van der Waals surface area contributed by atoms with E-state index in [1.807, 2.05) is 0 Å². The molecule has 0 aromatic carbocycles. The van der Waals surface area contributed by atoms with Crippen molar-refractivity contribution >= 4 is 12.6 Å². The lowest BCUT2D eigenvalue weighted by atomic mass is 10.0. The first-order valence-corrected chi connectivity index (χ1v) is 9.07. The van der Waals surface area contributed by atoms with Crippen LogP contribution in [0.25, 0.3) is 0 Å². The first kappa shape index (κ1) is 18.4. The first-order chi connectivity index (χ1) is 8.91. The Kier molecular flexibility index (Phi) is 17.7. The van der Waals surface area contributed by atoms with E-state index in [4.69, 9.17) is 12.6 Å². The molecule has 0 aromatic heterocycles. The lowest BCUT2D eigenvalue weighted by molar-refractivity contribution is 0.535. The third-order valence-electron chi connectivity index (χ3n) is 3.75. The van der Waals surface area contributed by atoms with Crippen LogP contribution in [0.3, 0.4) is 0 Å². The Labute approximate surface area is 122 Å². The maximum absolute atomic E-state index is 4.95. The monoisotopic (exact) mass is 271 g/mol. The van der Waals surface area contributed by atoms with Crippen LogP contribution in [0.15, 0.2) is 0 Å². The number of rotatable bonds is 15. The summed E-state index contributed by atoms with van der Waals surface area (Å²) < 4.78 is 0. The van der Waals surface area contributed by atoms with Gasteiger partial charge in [-0.15, -0.1) is 0 Å². The van der Waals surface area contributed by atoms with Crippen LogP contribution in [0.5, 0.6) is 0 Å². The van der Waals surface area contributed by atoms with Gasteiger partial charge in [-0.05, 0) is 6.42 Å². The van der Waals surface area contributed by atoms with Crippen molar-refractivity contribution in [3.63, 3.8) is 0 Å². The second kappa shape index (κ2) is 17.4. The molecule has 109 valence electrons. The van der Waals surface area contributed by atoms with Gasteiger partial charge in [-0.25, -0.2) is 0 Å². The fourth-order valence-electron chi connectivity index (χ4n) is 2.47. The molecule has 1 heteroatoms. The molecule has 0 amide bonds. The van der Waals surface area contributed by atoms with E-state index in [0.29, 0.717) is 0 Å². The summed E-state index contributed by atoms with van der Waals surface area (Å²) in [5, 5.41) is 0. The van der Waals surface area contributed by atoms with E-state index in [0.717, 1.165) is 5.75 Å². The highest BCUT2D eigenvalue weighted by Gasteiger charge is 1.93. The van der Waals surface area contributed by atoms with Gasteiger partial charge in [-0.1, -0.05) is 109 Å². The Morgan fingerprint density at radius 2 is 0.722 bits per heavy atom. The normalized spacial score (nSPS) is 11.0. The largest absolute Gasteiger partial charge is 0.0942 e. The van der Waals surface area contributed by atoms with Crippen LogP contribution < -0.4 is 0 Å². The fraction of sp³-hybridized carbons (Fsp3) is 1.00. The molecule has 0 saturated carbocycles. The predicted molar refractivity (Wildman–Crippen MR) is 87.4 cm³/mol. The van der Waals surface area contributed by atoms with Crippen LogP contribution in [0.1, 0.15) is 103 Å². The van der Waals surface area contributed by atoms with E-state index in [1.54, 1.807) is 0 Å². The third-order valence-corrected chi connectivity index (χ3v) is 4.04. The van der Waals surface area contributed by atoms with Crippen molar-refractivity contribution in [2.45, 2.75) is 103 Å². The van der Waals surface area contributed by atoms with E-state index in [1.165, 1.54) is 96.3 Å². The topological polar surface area (TPSA) is 0 Å². The number of unbranched alkanes of at least 4 members (excludes halogenated alkanes) is 14. The molecule has 0 unspecified atom stereocenters. The van der Waals surface area contributed by atoms with Crippen LogP contribution in [-0.4, -0.2) is 5.75 Å². The molecule has 0 rings (SSSR count). The molecule has 1 radical (unpaired) electrons. The highest BCUT2D eigenvalue weighted by Crippen LogP contribution is 2.13. The zero-order valence-corrected chi connectivity index (χ0v) is 13.5. The third kappa shape index (κ3) is 16.4. The average Bonchev–Trinajstić information content (AvgIpc) is 2.39. The Balaban J connectivity index is 2.86. The molecule has 0 spiro atoms. The van der Waals surface area contributed by atoms with Gasteiger partial charge in [0.25, 0.3) is 0 Å². The van der Waals surface area contributed by atoms with Crippen molar-refractivity contribution in [2.75, 3.05) is 5.75 Å². The Morgan fingerprint density at radius 1 is 0.444 bits per heavy atom. The van der Waals surface area contributed by atoms with Gasteiger partial charge < -0.3 is 0 Å². The molecule has 0 bridgehead atoms. The van der Waals surface area contributed by atoms with Gasteiger partial charge in [0.2, 0.25) is 0 Å². The standard InChI is InChI=1S/C17H35S/c1-2-3-4-5-6-7-8-9-10-11-12-13-14-15-16-17-18/h2-17H2,1H3. The molecule has 0 aliphatic rings. The van der Waals surface area contributed by atoms with Gasteiger partial charge in [0.05, 0.1) is 0 Å². The second-order valence-corrected chi connectivity index (χ2v) is 6.06. The lowest BCUT2D eigenvalue weighted by Gasteiger charge is -2.02. The summed E-state index contributed by atoms with van der Waals surface area (Å²) in [6.07, 6.45) is 21.5. The molecule has 0 saturated heterocycles. The zero-order chi connectivity index (χ0) is 13.3. The lowest BCUT2D eigenvalue weighted by Crippen LogP contribution is -1.83. The molecule has 0 aliphatic carbocycles. The Hall–Kier alpha value is 0.350. The summed E-state index contributed by atoms with van der Waals surface area (Å²) in [5.41, 5.74) is 0. The highest BCUT2D eigenvalue weighted by molar-refractivity contribution is 7.80. The molecular formula is C17H35S. The summed E-state index contributed by atoms with van der Waals surface area (Å²) >= 11 is 4.95. The van der Waals surface area contributed by atoms with Crippen molar-refractivity contribution in [3.8, 4) is 0 Å². The molecule has 0 atom stereocenters. The molecule has 0 heterocycles. The fourth-order valence-corrected chi connectivity index (χ4v) is 2.68. The van der Waals surface area contributed by atoms with Gasteiger partial charge in [0.1, 0.15) is 0 Å². The van der Waals surface area contributed by atoms with E-state index in [2.05, 4.69) is 6.92 Å². The van der Waals surface area contributed by atoms with Crippen LogP contribution in [-0.2, 0) is 0 Å². The summed E-state index contributed by atoms with van der Waals surface area (Å²) in [4.78, 5) is 0. The quantitative estimate of drug-likeness (QED) is 0.280. The summed E-state index contributed by atoms with van der Waals surface area (Å²) in [7, 11) is 0. The number of hydrogen-bond acceptors (Lipinski definition) is 0. The Morgan fingerprint density at radius 3 is 1.00 bits per heavy atom. The SMILES string of the molecule is CCCCCCCCCCCCCCCCC[S]. The van der Waals surface area contributed by atoms with Crippen molar-refractivity contribution in [2.24, 2.45) is 0 Å². The van der Waals surface area contributed by atoms with Crippen molar-refractivity contribution in [1.82, 2.24) is 0 Å². The summed E-state index contributed by atoms with van der Waals surface area (Å²) in [6.45, 7) is 2.29. The minimum Gasteiger partial charge on any atom is -0.0942 e. The Bertz CT molecular complexity index is 118. The van der Waals surface area contributed by atoms with Crippen LogP contribution in [0.2, 0.25) is 0 Å². The molecule has 0 fully saturated rings. The molecular weight excluding hydrogens is 236 g/mol. The predicted octanol–water partition coefficient (Wildman–Crippen LogP) is 7.06. The molecule has 0 nitrogen and oxygen atoms in total. The molecule has 18 heavy (non-hydrogen) atoms. The van der Waals surface area contributed by atoms with Gasteiger partial charge in [0.15, 0.2) is 0 Å². The van der Waals surface area contributed by atoms with Crippen molar-refractivity contribution in [1.29, 1.82) is 0 Å². The first-order valence-electron chi connectivity index (χ1n) is 8.50. The molecule has 0 N–H and O–H groups in total. The van der Waals surface area contributed by atoms with Gasteiger partial charge in [-0.3, -0.25) is 0 Å². The maximum atomic E-state index is 4.95. The van der Waals surface area contributed by atoms with Gasteiger partial charge in [0, 0.05) is 5.75 Å². The van der Waals surface area contributed by atoms with Gasteiger partial charge in [-0.2, -0.15) is 0 Å². The van der Waals surface area contributed by atoms with Crippen LogP contribution in [0.4, 0.5) is 0 Å². The summed E-state index contributed by atoms with van der Waals surface area (Å²) in [6, 6.07) is 0. The maximum Gasteiger partial charge on any atom is 0.00369 e. The van der Waals surface area contributed by atoms with E-state index >= 15 is 0 Å². The van der Waals surface area contributed by atoms with Crippen LogP contribution in [0, 0.1) is 0 Å². The van der Waals surface area contributed by atoms with Crippen LogP contribution >= 0.6 is 12.6 Å². The minimum absolute atomic E-state index is 0.957. The van der Waals surface area contributed by atoms with Crippen molar-refractivity contribution in [3.05, 3.63) is 0 Å². The van der Waals surface area contributed by atoms with Crippen molar-refractivity contribution < 1.29 is 0 Å². The van der Waals surface area contributed by atoms with E-state index in [9.17, 15) is 0 Å². The average molecular weight is 272 g/mol. The highest BCUT2D eigenvalue weighted by atomic mass is 32.1. The minimum atomic E-state index is 0.957. The second-order valence-electron chi connectivity index (χ2n) is 5.65. The van der Waals surface area contributed by atoms with E-state index in [-0.39, 0.29) is 0 Å². The molecule has 0 aromatic rings. The zero-order valence-electron chi connectivity index (χ0n) is 12.7. The molecule has 0 aliphatic heterocycles. The number of hydrogen-bond donors (Lipinski definition) is 0. The smallest absolute Gasteiger partial charge is 0.00369 e.